The maximum absolute atomic E-state index is 5.49. The van der Waals surface area contributed by atoms with Crippen molar-refractivity contribution in [2.24, 2.45) is 5.92 Å². The van der Waals surface area contributed by atoms with Gasteiger partial charge in [-0.05, 0) is 36.6 Å². The first kappa shape index (κ1) is 21.1. The van der Waals surface area contributed by atoms with Crippen molar-refractivity contribution in [3.8, 4) is 0 Å². The van der Waals surface area contributed by atoms with E-state index in [0.29, 0.717) is 5.76 Å². The molecule has 0 amide bonds. The Morgan fingerprint density at radius 3 is 2.28 bits per heavy atom. The lowest BCUT2D eigenvalue weighted by atomic mass is 9.98. The molecule has 0 aliphatic heterocycles. The molecule has 0 spiro atoms. The van der Waals surface area contributed by atoms with E-state index in [1.54, 1.807) is 35.5 Å². The number of allylic oxidation sites excluding steroid dienone is 7. The van der Waals surface area contributed by atoms with E-state index < -0.39 is 0 Å². The lowest BCUT2D eigenvalue weighted by molar-refractivity contribution is -0.0188. The zero-order valence-electron chi connectivity index (χ0n) is 16.2. The van der Waals surface area contributed by atoms with Crippen LogP contribution in [0, 0.1) is 5.92 Å². The van der Waals surface area contributed by atoms with Crippen molar-refractivity contribution in [3.05, 3.63) is 59.3 Å². The fourth-order valence-corrected chi connectivity index (χ4v) is 2.45. The number of hydrogen-bond acceptors (Lipinski definition) is 5. The molecule has 0 N–H and O–H groups in total. The Hall–Kier alpha value is -1.98. The highest BCUT2D eigenvalue weighted by molar-refractivity contribution is 5.39. The van der Waals surface area contributed by atoms with Gasteiger partial charge < -0.3 is 23.7 Å². The summed E-state index contributed by atoms with van der Waals surface area (Å²) in [6, 6.07) is 0. The molecule has 0 heterocycles. The average Bonchev–Trinajstić information content (AvgIpc) is 2.65. The van der Waals surface area contributed by atoms with Gasteiger partial charge in [-0.15, -0.1) is 0 Å². The summed E-state index contributed by atoms with van der Waals surface area (Å²) < 4.78 is 26.9. The first-order chi connectivity index (χ1) is 12.0. The molecule has 3 atom stereocenters. The third kappa shape index (κ3) is 6.11. The van der Waals surface area contributed by atoms with Gasteiger partial charge in [0.15, 0.2) is 5.76 Å². The molecule has 0 bridgehead atoms. The van der Waals surface area contributed by atoms with Crippen molar-refractivity contribution in [2.45, 2.75) is 26.1 Å². The van der Waals surface area contributed by atoms with E-state index in [4.69, 9.17) is 23.7 Å². The molecule has 140 valence electrons. The van der Waals surface area contributed by atoms with Crippen LogP contribution in [0.1, 0.15) is 13.8 Å². The molecule has 3 unspecified atom stereocenters. The number of hydrogen-bond donors (Lipinski definition) is 0. The van der Waals surface area contributed by atoms with E-state index in [2.05, 4.69) is 13.0 Å². The largest absolute Gasteiger partial charge is 0.498 e. The standard InChI is InChI=1S/C20H30O5/c1-14(9-11-17(22-4)15(2)21-3)8-10-16-12-18(23-5)20(25-7)19(13-16)24-6/h8-14,18,20H,1-7H3/b10-8-,11-9-,17-15-. The van der Waals surface area contributed by atoms with Gasteiger partial charge in [0.2, 0.25) is 0 Å². The van der Waals surface area contributed by atoms with E-state index >= 15 is 0 Å². The summed E-state index contributed by atoms with van der Waals surface area (Å²) in [5.74, 6) is 2.42. The molecular formula is C20H30O5. The minimum atomic E-state index is -0.226. The molecule has 1 aliphatic rings. The summed E-state index contributed by atoms with van der Waals surface area (Å²) in [7, 11) is 8.20. The van der Waals surface area contributed by atoms with Crippen LogP contribution in [0.15, 0.2) is 59.3 Å². The molecule has 0 aromatic carbocycles. The summed E-state index contributed by atoms with van der Waals surface area (Å²) in [5.41, 5.74) is 1.02. The molecule has 0 saturated carbocycles. The van der Waals surface area contributed by atoms with Gasteiger partial charge >= 0.3 is 0 Å². The Labute approximate surface area is 151 Å². The fourth-order valence-electron chi connectivity index (χ4n) is 2.45. The predicted molar refractivity (Wildman–Crippen MR) is 98.9 cm³/mol. The topological polar surface area (TPSA) is 46.2 Å². The molecule has 5 heteroatoms. The second-order valence-electron chi connectivity index (χ2n) is 5.68. The van der Waals surface area contributed by atoms with Crippen LogP contribution in [0.4, 0.5) is 0 Å². The third-order valence-corrected chi connectivity index (χ3v) is 4.02. The van der Waals surface area contributed by atoms with Crippen LogP contribution in [0.3, 0.4) is 0 Å². The van der Waals surface area contributed by atoms with Crippen molar-refractivity contribution in [1.29, 1.82) is 0 Å². The van der Waals surface area contributed by atoms with Gasteiger partial charge in [-0.1, -0.05) is 25.2 Å². The molecule has 0 fully saturated rings. The van der Waals surface area contributed by atoms with Gasteiger partial charge in [-0.3, -0.25) is 0 Å². The summed E-state index contributed by atoms with van der Waals surface area (Å²) in [6.45, 7) is 3.96. The second kappa shape index (κ2) is 10.8. The van der Waals surface area contributed by atoms with Crippen molar-refractivity contribution < 1.29 is 23.7 Å². The lowest BCUT2D eigenvalue weighted by Crippen LogP contribution is -2.33. The predicted octanol–water partition coefficient (Wildman–Crippen LogP) is 3.76. The van der Waals surface area contributed by atoms with E-state index in [-0.39, 0.29) is 18.1 Å². The summed E-state index contributed by atoms with van der Waals surface area (Å²) >= 11 is 0. The van der Waals surface area contributed by atoms with Gasteiger partial charge in [0.05, 0.1) is 21.3 Å². The maximum atomic E-state index is 5.49. The van der Waals surface area contributed by atoms with Crippen LogP contribution >= 0.6 is 0 Å². The van der Waals surface area contributed by atoms with Gasteiger partial charge in [-0.2, -0.15) is 0 Å². The third-order valence-electron chi connectivity index (χ3n) is 4.02. The Morgan fingerprint density at radius 2 is 1.76 bits per heavy atom. The smallest absolute Gasteiger partial charge is 0.155 e. The van der Waals surface area contributed by atoms with Crippen molar-refractivity contribution >= 4 is 0 Å². The Bertz CT molecular complexity index is 569. The average molecular weight is 350 g/mol. The van der Waals surface area contributed by atoms with Crippen molar-refractivity contribution in [3.63, 3.8) is 0 Å². The van der Waals surface area contributed by atoms with Crippen LogP contribution in [-0.2, 0) is 23.7 Å². The first-order valence-corrected chi connectivity index (χ1v) is 8.18. The molecule has 0 aromatic rings. The summed E-state index contributed by atoms with van der Waals surface area (Å²) in [6.07, 6.45) is 11.7. The quantitative estimate of drug-likeness (QED) is 0.468. The second-order valence-corrected chi connectivity index (χ2v) is 5.68. The van der Waals surface area contributed by atoms with Gasteiger partial charge in [0, 0.05) is 14.2 Å². The highest BCUT2D eigenvalue weighted by Crippen LogP contribution is 2.24. The van der Waals surface area contributed by atoms with E-state index in [9.17, 15) is 0 Å². The zero-order chi connectivity index (χ0) is 18.8. The van der Waals surface area contributed by atoms with Crippen LogP contribution < -0.4 is 0 Å². The summed E-state index contributed by atoms with van der Waals surface area (Å²) in [4.78, 5) is 0. The zero-order valence-corrected chi connectivity index (χ0v) is 16.2. The van der Waals surface area contributed by atoms with E-state index in [1.807, 2.05) is 37.3 Å². The molecule has 1 rings (SSSR count). The fraction of sp³-hybridized carbons (Fsp3) is 0.500. The Morgan fingerprint density at radius 1 is 1.04 bits per heavy atom. The van der Waals surface area contributed by atoms with Gasteiger partial charge in [0.25, 0.3) is 0 Å². The molecule has 5 nitrogen and oxygen atoms in total. The molecule has 0 saturated heterocycles. The number of rotatable bonds is 9. The summed E-state index contributed by atoms with van der Waals surface area (Å²) in [5, 5.41) is 0. The van der Waals surface area contributed by atoms with Crippen molar-refractivity contribution in [2.75, 3.05) is 35.5 Å². The normalized spacial score (nSPS) is 23.2. The van der Waals surface area contributed by atoms with E-state index in [1.165, 1.54) is 0 Å². The SMILES string of the molecule is COC1=CC(/C=C\C(C)/C=C\C(OC)=C(/C)OC)=CC(OC)C1OC. The lowest BCUT2D eigenvalue weighted by Gasteiger charge is -2.27. The Balaban J connectivity index is 2.86. The Kier molecular flexibility index (Phi) is 9.10. The minimum Gasteiger partial charge on any atom is -0.498 e. The highest BCUT2D eigenvalue weighted by atomic mass is 16.6. The number of ether oxygens (including phenoxy) is 5. The van der Waals surface area contributed by atoms with Crippen molar-refractivity contribution in [1.82, 2.24) is 0 Å². The van der Waals surface area contributed by atoms with Crippen LogP contribution in [0.2, 0.25) is 0 Å². The van der Waals surface area contributed by atoms with Gasteiger partial charge in [0.1, 0.15) is 23.7 Å². The van der Waals surface area contributed by atoms with Crippen LogP contribution in [0.5, 0.6) is 0 Å². The highest BCUT2D eigenvalue weighted by Gasteiger charge is 2.27. The molecule has 25 heavy (non-hydrogen) atoms. The monoisotopic (exact) mass is 350 g/mol. The van der Waals surface area contributed by atoms with Gasteiger partial charge in [-0.25, -0.2) is 0 Å². The molecular weight excluding hydrogens is 320 g/mol. The minimum absolute atomic E-state index is 0.178. The first-order valence-electron chi connectivity index (χ1n) is 8.18. The maximum Gasteiger partial charge on any atom is 0.155 e. The molecule has 0 aromatic heterocycles. The molecule has 0 radical (unpaired) electrons. The van der Waals surface area contributed by atoms with Crippen LogP contribution in [0.25, 0.3) is 0 Å². The molecule has 1 aliphatic carbocycles. The van der Waals surface area contributed by atoms with E-state index in [0.717, 1.165) is 17.1 Å². The van der Waals surface area contributed by atoms with Crippen LogP contribution in [-0.4, -0.2) is 47.8 Å². The number of methoxy groups -OCH3 is 5.